The lowest BCUT2D eigenvalue weighted by molar-refractivity contribution is 0.386. The molecule has 0 aromatic carbocycles. The number of aromatic nitrogens is 2. The summed E-state index contributed by atoms with van der Waals surface area (Å²) in [4.78, 5) is 0. The molecule has 0 saturated heterocycles. The summed E-state index contributed by atoms with van der Waals surface area (Å²) in [6.45, 7) is 2.78. The summed E-state index contributed by atoms with van der Waals surface area (Å²) in [6, 6.07) is 2.93. The van der Waals surface area contributed by atoms with E-state index in [-0.39, 0.29) is 0 Å². The standard InChI is InChI=1S/C12H17ClN4/c1-12(9-14,16-11-3-4-11)5-2-6-17-8-10(13)7-15-17/h7-8,11,16H,2-6H2,1H3. The predicted molar refractivity (Wildman–Crippen MR) is 66.6 cm³/mol. The van der Waals surface area contributed by atoms with Gasteiger partial charge in [0.2, 0.25) is 0 Å². The van der Waals surface area contributed by atoms with Crippen molar-refractivity contribution in [3.05, 3.63) is 17.4 Å². The van der Waals surface area contributed by atoms with E-state index >= 15 is 0 Å². The van der Waals surface area contributed by atoms with Crippen LogP contribution in [0.4, 0.5) is 0 Å². The zero-order valence-electron chi connectivity index (χ0n) is 9.99. The second-order valence-corrected chi connectivity index (χ2v) is 5.32. The maximum Gasteiger partial charge on any atom is 0.104 e. The van der Waals surface area contributed by atoms with E-state index in [4.69, 9.17) is 11.6 Å². The lowest BCUT2D eigenvalue weighted by atomic mass is 9.97. The minimum atomic E-state index is -0.405. The molecule has 1 N–H and O–H groups in total. The van der Waals surface area contributed by atoms with Crippen LogP contribution in [0.2, 0.25) is 5.02 Å². The fourth-order valence-corrected chi connectivity index (χ4v) is 2.05. The molecule has 4 nitrogen and oxygen atoms in total. The van der Waals surface area contributed by atoms with E-state index in [1.807, 2.05) is 11.6 Å². The Kier molecular flexibility index (Phi) is 3.70. The monoisotopic (exact) mass is 252 g/mol. The molecule has 2 rings (SSSR count). The summed E-state index contributed by atoms with van der Waals surface area (Å²) < 4.78 is 1.82. The Balaban J connectivity index is 1.77. The molecule has 1 aliphatic carbocycles. The van der Waals surface area contributed by atoms with Crippen LogP contribution in [-0.4, -0.2) is 21.4 Å². The molecule has 1 aromatic rings. The van der Waals surface area contributed by atoms with Gasteiger partial charge in [0, 0.05) is 18.8 Å². The molecule has 1 aliphatic rings. The number of hydrogen-bond acceptors (Lipinski definition) is 3. The third-order valence-electron chi connectivity index (χ3n) is 3.01. The minimum Gasteiger partial charge on any atom is -0.297 e. The van der Waals surface area contributed by atoms with Gasteiger partial charge in [0.25, 0.3) is 0 Å². The lowest BCUT2D eigenvalue weighted by Crippen LogP contribution is -2.42. The van der Waals surface area contributed by atoms with Gasteiger partial charge in [0.05, 0.1) is 17.3 Å². The van der Waals surface area contributed by atoms with Gasteiger partial charge in [-0.2, -0.15) is 10.4 Å². The third-order valence-corrected chi connectivity index (χ3v) is 3.21. The molecule has 0 bridgehead atoms. The van der Waals surface area contributed by atoms with Crippen molar-refractivity contribution in [3.63, 3.8) is 0 Å². The molecule has 92 valence electrons. The minimum absolute atomic E-state index is 0.405. The highest BCUT2D eigenvalue weighted by Crippen LogP contribution is 2.24. The van der Waals surface area contributed by atoms with Gasteiger partial charge in [0.15, 0.2) is 0 Å². The van der Waals surface area contributed by atoms with Crippen LogP contribution in [0.25, 0.3) is 0 Å². The summed E-state index contributed by atoms with van der Waals surface area (Å²) in [6.07, 6.45) is 7.59. The quantitative estimate of drug-likeness (QED) is 0.846. The first kappa shape index (κ1) is 12.4. The Labute approximate surface area is 107 Å². The van der Waals surface area contributed by atoms with Crippen LogP contribution >= 0.6 is 11.6 Å². The van der Waals surface area contributed by atoms with E-state index in [0.717, 1.165) is 19.4 Å². The average Bonchev–Trinajstić information content (AvgIpc) is 3.00. The summed E-state index contributed by atoms with van der Waals surface area (Å²) in [5.74, 6) is 0. The fourth-order valence-electron chi connectivity index (χ4n) is 1.89. The number of aryl methyl sites for hydroxylation is 1. The molecule has 1 heterocycles. The number of nitrogens with zero attached hydrogens (tertiary/aromatic N) is 3. The van der Waals surface area contributed by atoms with E-state index < -0.39 is 5.54 Å². The molecule has 1 unspecified atom stereocenters. The van der Waals surface area contributed by atoms with E-state index in [0.29, 0.717) is 11.1 Å². The summed E-state index contributed by atoms with van der Waals surface area (Å²) in [5, 5.41) is 17.4. The van der Waals surface area contributed by atoms with Crippen molar-refractivity contribution < 1.29 is 0 Å². The summed E-state index contributed by atoms with van der Waals surface area (Å²) >= 11 is 5.79. The van der Waals surface area contributed by atoms with E-state index in [2.05, 4.69) is 16.5 Å². The SMILES string of the molecule is CC(C#N)(CCCn1cc(Cl)cn1)NC1CC1. The average molecular weight is 253 g/mol. The normalized spacial score (nSPS) is 18.6. The van der Waals surface area contributed by atoms with Crippen LogP contribution in [0.3, 0.4) is 0 Å². The molecule has 0 amide bonds. The van der Waals surface area contributed by atoms with Crippen molar-refractivity contribution in [2.75, 3.05) is 0 Å². The molecule has 5 heteroatoms. The first-order valence-corrected chi connectivity index (χ1v) is 6.36. The lowest BCUT2D eigenvalue weighted by Gasteiger charge is -2.23. The Bertz CT molecular complexity index is 418. The van der Waals surface area contributed by atoms with Gasteiger partial charge in [0.1, 0.15) is 5.54 Å². The highest BCUT2D eigenvalue weighted by molar-refractivity contribution is 6.30. The van der Waals surface area contributed by atoms with Crippen molar-refractivity contribution in [3.8, 4) is 6.07 Å². The zero-order valence-corrected chi connectivity index (χ0v) is 10.7. The van der Waals surface area contributed by atoms with Crippen molar-refractivity contribution in [1.29, 1.82) is 5.26 Å². The van der Waals surface area contributed by atoms with Gasteiger partial charge >= 0.3 is 0 Å². The first-order valence-electron chi connectivity index (χ1n) is 5.98. The molecule has 1 atom stereocenters. The van der Waals surface area contributed by atoms with Gasteiger partial charge in [-0.3, -0.25) is 10.00 Å². The van der Waals surface area contributed by atoms with Crippen LogP contribution in [-0.2, 0) is 6.54 Å². The van der Waals surface area contributed by atoms with E-state index in [1.165, 1.54) is 12.8 Å². The highest BCUT2D eigenvalue weighted by Gasteiger charge is 2.31. The second-order valence-electron chi connectivity index (χ2n) is 4.89. The maximum atomic E-state index is 9.21. The Morgan fingerprint density at radius 3 is 3.00 bits per heavy atom. The Morgan fingerprint density at radius 2 is 2.47 bits per heavy atom. The zero-order chi connectivity index (χ0) is 12.3. The topological polar surface area (TPSA) is 53.6 Å². The first-order chi connectivity index (χ1) is 8.11. The number of halogens is 1. The predicted octanol–water partition coefficient (Wildman–Crippen LogP) is 2.35. The highest BCUT2D eigenvalue weighted by atomic mass is 35.5. The number of nitrogens with one attached hydrogen (secondary N) is 1. The molecular weight excluding hydrogens is 236 g/mol. The van der Waals surface area contributed by atoms with E-state index in [1.54, 1.807) is 12.4 Å². The van der Waals surface area contributed by atoms with Crippen LogP contribution in [0, 0.1) is 11.3 Å². The van der Waals surface area contributed by atoms with Crippen LogP contribution in [0.15, 0.2) is 12.4 Å². The summed E-state index contributed by atoms with van der Waals surface area (Å²) in [5.41, 5.74) is -0.405. The Morgan fingerprint density at radius 1 is 1.71 bits per heavy atom. The third kappa shape index (κ3) is 3.72. The molecule has 1 fully saturated rings. The van der Waals surface area contributed by atoms with Gasteiger partial charge in [-0.15, -0.1) is 0 Å². The molecule has 0 aliphatic heterocycles. The maximum absolute atomic E-state index is 9.21. The van der Waals surface area contributed by atoms with Crippen LogP contribution in [0.5, 0.6) is 0 Å². The molecule has 17 heavy (non-hydrogen) atoms. The van der Waals surface area contributed by atoms with Gasteiger partial charge in [-0.25, -0.2) is 0 Å². The Hall–Kier alpha value is -1.05. The second kappa shape index (κ2) is 5.07. The van der Waals surface area contributed by atoms with Gasteiger partial charge in [-0.1, -0.05) is 11.6 Å². The molecule has 0 radical (unpaired) electrons. The van der Waals surface area contributed by atoms with Crippen LogP contribution < -0.4 is 5.32 Å². The number of nitriles is 1. The summed E-state index contributed by atoms with van der Waals surface area (Å²) in [7, 11) is 0. The largest absolute Gasteiger partial charge is 0.297 e. The number of rotatable bonds is 6. The van der Waals surface area contributed by atoms with Gasteiger partial charge in [-0.05, 0) is 32.6 Å². The molecular formula is C12H17ClN4. The van der Waals surface area contributed by atoms with Crippen molar-refractivity contribution in [2.24, 2.45) is 0 Å². The smallest absolute Gasteiger partial charge is 0.104 e. The fraction of sp³-hybridized carbons (Fsp3) is 0.667. The molecule has 0 spiro atoms. The van der Waals surface area contributed by atoms with Crippen molar-refractivity contribution in [2.45, 2.75) is 50.7 Å². The van der Waals surface area contributed by atoms with Crippen molar-refractivity contribution >= 4 is 11.6 Å². The van der Waals surface area contributed by atoms with Crippen molar-refractivity contribution in [1.82, 2.24) is 15.1 Å². The number of hydrogen-bond donors (Lipinski definition) is 1. The van der Waals surface area contributed by atoms with Crippen LogP contribution in [0.1, 0.15) is 32.6 Å². The molecule has 1 saturated carbocycles. The molecule has 1 aromatic heterocycles. The van der Waals surface area contributed by atoms with E-state index in [9.17, 15) is 5.26 Å². The van der Waals surface area contributed by atoms with Gasteiger partial charge < -0.3 is 0 Å².